The maximum Gasteiger partial charge on any atom is 0.308 e. The maximum absolute atomic E-state index is 12.3. The van der Waals surface area contributed by atoms with Gasteiger partial charge in [0.1, 0.15) is 4.21 Å². The van der Waals surface area contributed by atoms with Crippen LogP contribution in [0.3, 0.4) is 0 Å². The molecule has 0 saturated heterocycles. The molecule has 1 saturated carbocycles. The fraction of sp³-hybridized carbons (Fsp3) is 0.545. The molecule has 1 N–H and O–H groups in total. The largest absolute Gasteiger partial charge is 0.481 e. The first-order valence-corrected chi connectivity index (χ1v) is 7.95. The van der Waals surface area contributed by atoms with Crippen LogP contribution in [0.5, 0.6) is 0 Å². The molecule has 0 unspecified atom stereocenters. The Morgan fingerprint density at radius 3 is 2.67 bits per heavy atom. The van der Waals surface area contributed by atoms with E-state index in [0.717, 1.165) is 30.6 Å². The van der Waals surface area contributed by atoms with Crippen molar-refractivity contribution in [3.63, 3.8) is 0 Å². The Labute approximate surface area is 110 Å². The highest BCUT2D eigenvalue weighted by molar-refractivity contribution is 7.91. The van der Waals surface area contributed by atoms with E-state index in [-0.39, 0.29) is 16.7 Å². The Hall–Kier alpha value is -0.920. The summed E-state index contributed by atoms with van der Waals surface area (Å²) in [6, 6.07) is 3.16. The molecule has 1 aliphatic rings. The number of aliphatic carboxylic acids is 1. The molecule has 0 aliphatic heterocycles. The molecule has 0 amide bonds. The molecule has 0 aromatic carbocycles. The highest BCUT2D eigenvalue weighted by atomic mass is 32.2. The molecule has 100 valence electrons. The number of rotatable bonds is 5. The number of carbonyl (C=O) groups is 1. The summed E-state index contributed by atoms with van der Waals surface area (Å²) in [6.45, 7) is 0. The first-order valence-electron chi connectivity index (χ1n) is 5.70. The summed E-state index contributed by atoms with van der Waals surface area (Å²) in [5.41, 5.74) is 0. The SMILES string of the molecule is CN(C1CCC1)S(=O)(=O)c1ccc(CC(=O)O)s1. The van der Waals surface area contributed by atoms with Crippen molar-refractivity contribution in [3.8, 4) is 0 Å². The number of hydrogen-bond donors (Lipinski definition) is 1. The van der Waals surface area contributed by atoms with Gasteiger partial charge >= 0.3 is 5.97 Å². The minimum Gasteiger partial charge on any atom is -0.481 e. The highest BCUT2D eigenvalue weighted by Crippen LogP contribution is 2.31. The van der Waals surface area contributed by atoms with Crippen molar-refractivity contribution in [2.45, 2.75) is 35.9 Å². The lowest BCUT2D eigenvalue weighted by Gasteiger charge is -2.33. The molecule has 2 rings (SSSR count). The molecule has 1 heterocycles. The summed E-state index contributed by atoms with van der Waals surface area (Å²) in [7, 11) is -1.86. The van der Waals surface area contributed by atoms with Gasteiger partial charge in [-0.1, -0.05) is 6.42 Å². The molecule has 1 fully saturated rings. The van der Waals surface area contributed by atoms with E-state index >= 15 is 0 Å². The molecular formula is C11H15NO4S2. The quantitative estimate of drug-likeness (QED) is 0.892. The first kappa shape index (κ1) is 13.5. The second-order valence-electron chi connectivity index (χ2n) is 4.40. The van der Waals surface area contributed by atoms with E-state index in [0.29, 0.717) is 4.88 Å². The van der Waals surface area contributed by atoms with Gasteiger partial charge in [-0.3, -0.25) is 4.79 Å². The smallest absolute Gasteiger partial charge is 0.308 e. The fourth-order valence-electron chi connectivity index (χ4n) is 1.83. The topological polar surface area (TPSA) is 74.7 Å². The van der Waals surface area contributed by atoms with E-state index in [1.54, 1.807) is 13.1 Å². The third-order valence-electron chi connectivity index (χ3n) is 3.18. The summed E-state index contributed by atoms with van der Waals surface area (Å²) in [6.07, 6.45) is 2.75. The molecule has 7 heteroatoms. The molecule has 1 aliphatic carbocycles. The van der Waals surface area contributed by atoms with Crippen LogP contribution < -0.4 is 0 Å². The van der Waals surface area contributed by atoms with Crippen molar-refractivity contribution in [2.24, 2.45) is 0 Å². The molecule has 0 spiro atoms. The van der Waals surface area contributed by atoms with Gasteiger partial charge < -0.3 is 5.11 Å². The first-order chi connectivity index (χ1) is 8.41. The zero-order chi connectivity index (χ0) is 13.3. The predicted octanol–water partition coefficient (Wildman–Crippen LogP) is 1.55. The lowest BCUT2D eigenvalue weighted by molar-refractivity contribution is -0.136. The average molecular weight is 289 g/mol. The van der Waals surface area contributed by atoms with Crippen LogP contribution in [0.1, 0.15) is 24.1 Å². The van der Waals surface area contributed by atoms with Gasteiger partial charge in [0.05, 0.1) is 6.42 Å². The minimum atomic E-state index is -3.46. The van der Waals surface area contributed by atoms with Gasteiger partial charge in [0, 0.05) is 18.0 Å². The van der Waals surface area contributed by atoms with E-state index in [2.05, 4.69) is 0 Å². The number of nitrogens with zero attached hydrogens (tertiary/aromatic N) is 1. The summed E-state index contributed by atoms with van der Waals surface area (Å²) >= 11 is 1.04. The summed E-state index contributed by atoms with van der Waals surface area (Å²) in [5.74, 6) is -0.951. The van der Waals surface area contributed by atoms with Crippen LogP contribution in [0.15, 0.2) is 16.3 Å². The normalized spacial score (nSPS) is 16.8. The third-order valence-corrected chi connectivity index (χ3v) is 6.65. The zero-order valence-electron chi connectivity index (χ0n) is 10.00. The van der Waals surface area contributed by atoms with Crippen LogP contribution in [-0.4, -0.2) is 36.9 Å². The van der Waals surface area contributed by atoms with Gasteiger partial charge in [0.15, 0.2) is 0 Å². The van der Waals surface area contributed by atoms with Crippen LogP contribution in [0.4, 0.5) is 0 Å². The van der Waals surface area contributed by atoms with E-state index < -0.39 is 16.0 Å². The van der Waals surface area contributed by atoms with E-state index in [9.17, 15) is 13.2 Å². The molecule has 0 bridgehead atoms. The van der Waals surface area contributed by atoms with Gasteiger partial charge in [-0.15, -0.1) is 11.3 Å². The van der Waals surface area contributed by atoms with Gasteiger partial charge in [0.25, 0.3) is 10.0 Å². The molecule has 1 aromatic heterocycles. The molecule has 0 radical (unpaired) electrons. The number of thiophene rings is 1. The van der Waals surface area contributed by atoms with Crippen LogP contribution in [0.2, 0.25) is 0 Å². The van der Waals surface area contributed by atoms with Crippen molar-refractivity contribution < 1.29 is 18.3 Å². The number of hydrogen-bond acceptors (Lipinski definition) is 4. The van der Waals surface area contributed by atoms with Crippen molar-refractivity contribution in [1.82, 2.24) is 4.31 Å². The van der Waals surface area contributed by atoms with Gasteiger partial charge in [-0.25, -0.2) is 8.42 Å². The Morgan fingerprint density at radius 1 is 1.50 bits per heavy atom. The molecule has 18 heavy (non-hydrogen) atoms. The summed E-state index contributed by atoms with van der Waals surface area (Å²) in [4.78, 5) is 11.1. The minimum absolute atomic E-state index is 0.0972. The third kappa shape index (κ3) is 2.57. The van der Waals surface area contributed by atoms with Gasteiger partial charge in [-0.05, 0) is 25.0 Å². The summed E-state index contributed by atoms with van der Waals surface area (Å²) < 4.78 is 26.1. The van der Waals surface area contributed by atoms with Crippen molar-refractivity contribution in [2.75, 3.05) is 7.05 Å². The van der Waals surface area contributed by atoms with Crippen molar-refractivity contribution >= 4 is 27.3 Å². The van der Waals surface area contributed by atoms with E-state index in [4.69, 9.17) is 5.11 Å². The fourth-order valence-corrected chi connectivity index (χ4v) is 4.78. The Kier molecular flexibility index (Phi) is 3.74. The van der Waals surface area contributed by atoms with Gasteiger partial charge in [0.2, 0.25) is 0 Å². The molecule has 5 nitrogen and oxygen atoms in total. The summed E-state index contributed by atoms with van der Waals surface area (Å²) in [5, 5.41) is 8.67. The van der Waals surface area contributed by atoms with Crippen molar-refractivity contribution in [1.29, 1.82) is 0 Å². The Bertz CT molecular complexity index is 545. The number of carboxylic acid groups (broad SMARTS) is 1. The monoisotopic (exact) mass is 289 g/mol. The predicted molar refractivity (Wildman–Crippen MR) is 68.2 cm³/mol. The Morgan fingerprint density at radius 2 is 2.17 bits per heavy atom. The average Bonchev–Trinajstić information content (AvgIpc) is 2.62. The standard InChI is InChI=1S/C11H15NO4S2/c1-12(8-3-2-4-8)18(15,16)11-6-5-9(17-11)7-10(13)14/h5-6,8H,2-4,7H2,1H3,(H,13,14). The van der Waals surface area contributed by atoms with Gasteiger partial charge in [-0.2, -0.15) is 4.31 Å². The van der Waals surface area contributed by atoms with E-state index in [1.165, 1.54) is 10.4 Å². The molecular weight excluding hydrogens is 274 g/mol. The second kappa shape index (κ2) is 4.99. The number of carboxylic acids is 1. The highest BCUT2D eigenvalue weighted by Gasteiger charge is 2.32. The van der Waals surface area contributed by atoms with Crippen LogP contribution in [-0.2, 0) is 21.2 Å². The Balaban J connectivity index is 2.18. The second-order valence-corrected chi connectivity index (χ2v) is 7.79. The van der Waals surface area contributed by atoms with Crippen LogP contribution in [0, 0.1) is 0 Å². The lowest BCUT2D eigenvalue weighted by Crippen LogP contribution is -2.40. The molecule has 0 atom stereocenters. The van der Waals surface area contributed by atoms with Crippen molar-refractivity contribution in [3.05, 3.63) is 17.0 Å². The van der Waals surface area contributed by atoms with E-state index in [1.807, 2.05) is 0 Å². The maximum atomic E-state index is 12.3. The zero-order valence-corrected chi connectivity index (χ0v) is 11.6. The van der Waals surface area contributed by atoms with Crippen LogP contribution in [0.25, 0.3) is 0 Å². The lowest BCUT2D eigenvalue weighted by atomic mass is 9.94. The number of sulfonamides is 1. The van der Waals surface area contributed by atoms with Crippen LogP contribution >= 0.6 is 11.3 Å². The molecule has 1 aromatic rings.